The van der Waals surface area contributed by atoms with Gasteiger partial charge in [0, 0.05) is 38.6 Å². The topological polar surface area (TPSA) is 51.6 Å². The molecule has 0 N–H and O–H groups in total. The van der Waals surface area contributed by atoms with Gasteiger partial charge in [-0.25, -0.2) is 19.9 Å². The molecule has 0 fully saturated rings. The van der Waals surface area contributed by atoms with E-state index < -0.39 is 0 Å². The van der Waals surface area contributed by atoms with E-state index in [9.17, 15) is 0 Å². The SMILES string of the molecule is c1ccc(-c2ccc(-c3nc(-c4ccccc4)cc(-c4ccc(-c5cccc(-c6cc(-c7ccccc7)c7ccc8ccc(-c9ccccc9)nc8c7n6)c5)cc4)n3)cc2)cc1. The Morgan fingerprint density at radius 1 is 0.226 bits per heavy atom. The van der Waals surface area contributed by atoms with Gasteiger partial charge in [0.1, 0.15) is 0 Å². The van der Waals surface area contributed by atoms with E-state index in [1.54, 1.807) is 0 Å². The molecule has 0 saturated heterocycles. The number of pyridine rings is 2. The van der Waals surface area contributed by atoms with E-state index in [1.165, 1.54) is 5.56 Å². The van der Waals surface area contributed by atoms with E-state index in [1.807, 2.05) is 30.3 Å². The second kappa shape index (κ2) is 16.0. The van der Waals surface area contributed by atoms with Crippen molar-refractivity contribution in [3.05, 3.63) is 231 Å². The summed E-state index contributed by atoms with van der Waals surface area (Å²) in [5.74, 6) is 0.690. The Morgan fingerprint density at radius 3 is 1.31 bits per heavy atom. The Morgan fingerprint density at radius 2 is 0.661 bits per heavy atom. The number of rotatable bonds is 8. The molecular weight excluding hydrogens is 753 g/mol. The van der Waals surface area contributed by atoms with Crippen LogP contribution >= 0.6 is 0 Å². The summed E-state index contributed by atoms with van der Waals surface area (Å²) in [5, 5.41) is 2.13. The van der Waals surface area contributed by atoms with Gasteiger partial charge in [-0.05, 0) is 57.6 Å². The normalized spacial score (nSPS) is 11.2. The molecule has 0 unspecified atom stereocenters. The van der Waals surface area contributed by atoms with Gasteiger partial charge < -0.3 is 0 Å². The van der Waals surface area contributed by atoms with Crippen LogP contribution in [0.1, 0.15) is 0 Å². The lowest BCUT2D eigenvalue weighted by atomic mass is 9.95. The largest absolute Gasteiger partial charge is 0.245 e. The third-order valence-corrected chi connectivity index (χ3v) is 11.5. The maximum Gasteiger partial charge on any atom is 0.160 e. The van der Waals surface area contributed by atoms with Crippen LogP contribution in [0.5, 0.6) is 0 Å². The van der Waals surface area contributed by atoms with Crippen LogP contribution in [0.25, 0.3) is 112 Å². The van der Waals surface area contributed by atoms with Crippen molar-refractivity contribution in [1.82, 2.24) is 19.9 Å². The predicted octanol–water partition coefficient (Wildman–Crippen LogP) is 14.9. The summed E-state index contributed by atoms with van der Waals surface area (Å²) in [4.78, 5) is 20.8. The van der Waals surface area contributed by atoms with Crippen molar-refractivity contribution in [2.75, 3.05) is 0 Å². The molecule has 290 valence electrons. The van der Waals surface area contributed by atoms with Gasteiger partial charge >= 0.3 is 0 Å². The summed E-state index contributed by atoms with van der Waals surface area (Å²) in [6, 6.07) is 80.4. The Labute approximate surface area is 360 Å². The molecule has 8 aromatic carbocycles. The highest BCUT2D eigenvalue weighted by Crippen LogP contribution is 2.37. The van der Waals surface area contributed by atoms with Gasteiger partial charge in [-0.2, -0.15) is 0 Å². The van der Waals surface area contributed by atoms with E-state index in [2.05, 4.69) is 200 Å². The highest BCUT2D eigenvalue weighted by Gasteiger charge is 2.16. The number of hydrogen-bond acceptors (Lipinski definition) is 4. The Balaban J connectivity index is 0.971. The van der Waals surface area contributed by atoms with Crippen molar-refractivity contribution >= 4 is 21.8 Å². The molecule has 62 heavy (non-hydrogen) atoms. The van der Waals surface area contributed by atoms with Gasteiger partial charge in [-0.15, -0.1) is 0 Å². The fourth-order valence-corrected chi connectivity index (χ4v) is 8.26. The highest BCUT2D eigenvalue weighted by molar-refractivity contribution is 6.09. The van der Waals surface area contributed by atoms with Crippen molar-refractivity contribution in [3.8, 4) is 89.8 Å². The van der Waals surface area contributed by atoms with Crippen molar-refractivity contribution in [2.24, 2.45) is 0 Å². The fourth-order valence-electron chi connectivity index (χ4n) is 8.26. The minimum atomic E-state index is 0.690. The molecule has 4 heteroatoms. The minimum absolute atomic E-state index is 0.690. The first-order valence-electron chi connectivity index (χ1n) is 20.9. The maximum atomic E-state index is 5.39. The molecule has 0 spiro atoms. The summed E-state index contributed by atoms with van der Waals surface area (Å²) < 4.78 is 0. The second-order valence-electron chi connectivity index (χ2n) is 15.4. The standard InChI is InChI=1S/C58H38N4/c1-5-14-39(15-6-1)40-26-30-47(31-27-40)58-61-54(44-20-11-4-12-21-44)38-55(62-58)45-28-24-41(25-29-45)48-22-13-23-49(36-48)53-37-51(42-16-7-2-8-17-42)50-34-32-46-33-35-52(43-18-9-3-10-19-43)59-56(46)57(50)60-53/h1-38H. The van der Waals surface area contributed by atoms with Crippen LogP contribution in [-0.2, 0) is 0 Å². The van der Waals surface area contributed by atoms with Gasteiger partial charge in [0.25, 0.3) is 0 Å². The molecule has 0 aliphatic rings. The van der Waals surface area contributed by atoms with Gasteiger partial charge in [0.2, 0.25) is 0 Å². The van der Waals surface area contributed by atoms with Crippen LogP contribution in [0.2, 0.25) is 0 Å². The molecule has 3 aromatic heterocycles. The van der Waals surface area contributed by atoms with Gasteiger partial charge in [-0.1, -0.05) is 206 Å². The van der Waals surface area contributed by atoms with Crippen LogP contribution in [0.3, 0.4) is 0 Å². The van der Waals surface area contributed by atoms with Crippen molar-refractivity contribution < 1.29 is 0 Å². The summed E-state index contributed by atoms with van der Waals surface area (Å²) in [6.45, 7) is 0. The van der Waals surface area contributed by atoms with E-state index in [0.717, 1.165) is 100 Å². The van der Waals surface area contributed by atoms with Crippen LogP contribution < -0.4 is 0 Å². The molecule has 11 rings (SSSR count). The summed E-state index contributed by atoms with van der Waals surface area (Å²) >= 11 is 0. The lowest BCUT2D eigenvalue weighted by Gasteiger charge is -2.14. The zero-order chi connectivity index (χ0) is 41.2. The number of aromatic nitrogens is 4. The molecule has 0 amide bonds. The average Bonchev–Trinajstić information content (AvgIpc) is 3.37. The second-order valence-corrected chi connectivity index (χ2v) is 15.4. The first-order valence-corrected chi connectivity index (χ1v) is 20.9. The Bertz CT molecular complexity index is 3350. The van der Waals surface area contributed by atoms with Crippen molar-refractivity contribution in [2.45, 2.75) is 0 Å². The molecule has 3 heterocycles. The molecule has 0 bridgehead atoms. The van der Waals surface area contributed by atoms with Crippen molar-refractivity contribution in [3.63, 3.8) is 0 Å². The van der Waals surface area contributed by atoms with E-state index in [-0.39, 0.29) is 0 Å². The highest BCUT2D eigenvalue weighted by atomic mass is 14.9. The molecular formula is C58H38N4. The Hall–Kier alpha value is -8.34. The van der Waals surface area contributed by atoms with Crippen LogP contribution in [0, 0.1) is 0 Å². The Kier molecular flexibility index (Phi) is 9.49. The molecule has 0 aliphatic heterocycles. The van der Waals surface area contributed by atoms with Crippen LogP contribution in [-0.4, -0.2) is 19.9 Å². The molecule has 11 aromatic rings. The molecule has 0 saturated carbocycles. The summed E-state index contributed by atoms with van der Waals surface area (Å²) in [5.41, 5.74) is 17.3. The van der Waals surface area contributed by atoms with Crippen LogP contribution in [0.15, 0.2) is 231 Å². The van der Waals surface area contributed by atoms with E-state index in [0.29, 0.717) is 5.82 Å². The van der Waals surface area contributed by atoms with E-state index in [4.69, 9.17) is 19.9 Å². The minimum Gasteiger partial charge on any atom is -0.245 e. The molecule has 0 aliphatic carbocycles. The quantitative estimate of drug-likeness (QED) is 0.144. The first kappa shape index (κ1) is 36.7. The average molecular weight is 791 g/mol. The maximum absolute atomic E-state index is 5.39. The zero-order valence-corrected chi connectivity index (χ0v) is 33.7. The lowest BCUT2D eigenvalue weighted by Crippen LogP contribution is -1.96. The lowest BCUT2D eigenvalue weighted by molar-refractivity contribution is 1.18. The number of hydrogen-bond donors (Lipinski definition) is 0. The number of fused-ring (bicyclic) bond motifs is 3. The monoisotopic (exact) mass is 790 g/mol. The summed E-state index contributed by atoms with van der Waals surface area (Å²) in [6.07, 6.45) is 0. The molecule has 0 atom stereocenters. The third kappa shape index (κ3) is 7.20. The molecule has 4 nitrogen and oxygen atoms in total. The molecule has 0 radical (unpaired) electrons. The number of benzene rings is 8. The fraction of sp³-hybridized carbons (Fsp3) is 0. The first-order chi connectivity index (χ1) is 30.7. The smallest absolute Gasteiger partial charge is 0.160 e. The van der Waals surface area contributed by atoms with Crippen molar-refractivity contribution in [1.29, 1.82) is 0 Å². The van der Waals surface area contributed by atoms with Crippen LogP contribution in [0.4, 0.5) is 0 Å². The number of nitrogens with zero attached hydrogens (tertiary/aromatic N) is 4. The van der Waals surface area contributed by atoms with Gasteiger partial charge in [-0.3, -0.25) is 0 Å². The zero-order valence-electron chi connectivity index (χ0n) is 33.7. The van der Waals surface area contributed by atoms with Gasteiger partial charge in [0.05, 0.1) is 33.8 Å². The summed E-state index contributed by atoms with van der Waals surface area (Å²) in [7, 11) is 0. The third-order valence-electron chi connectivity index (χ3n) is 11.5. The predicted molar refractivity (Wildman–Crippen MR) is 256 cm³/mol. The van der Waals surface area contributed by atoms with Gasteiger partial charge in [0.15, 0.2) is 5.82 Å². The van der Waals surface area contributed by atoms with E-state index >= 15 is 0 Å².